The third-order valence-electron chi connectivity index (χ3n) is 2.48. The first kappa shape index (κ1) is 13.0. The fourth-order valence-electron chi connectivity index (χ4n) is 1.63. The van der Waals surface area contributed by atoms with E-state index in [1.54, 1.807) is 6.20 Å². The Labute approximate surface area is 100 Å². The monoisotopic (exact) mass is 243 g/mol. The van der Waals surface area contributed by atoms with E-state index in [9.17, 15) is 4.79 Å². The van der Waals surface area contributed by atoms with Gasteiger partial charge in [-0.15, -0.1) is 11.6 Å². The molecule has 1 atom stereocenters. The number of hydrogen-bond acceptors (Lipinski definition) is 3. The number of nitrogens with one attached hydrogen (secondary N) is 2. The molecule has 1 unspecified atom stereocenters. The van der Waals surface area contributed by atoms with E-state index < -0.39 is 0 Å². The summed E-state index contributed by atoms with van der Waals surface area (Å²) >= 11 is 5.73. The van der Waals surface area contributed by atoms with Crippen molar-refractivity contribution in [2.24, 2.45) is 5.92 Å². The van der Waals surface area contributed by atoms with Crippen LogP contribution in [0.3, 0.4) is 0 Å². The molecular weight excluding hydrogens is 226 g/mol. The second-order valence-corrected chi connectivity index (χ2v) is 4.16. The van der Waals surface area contributed by atoms with Gasteiger partial charge in [0.1, 0.15) is 0 Å². The van der Waals surface area contributed by atoms with E-state index in [-0.39, 0.29) is 5.56 Å². The van der Waals surface area contributed by atoms with Gasteiger partial charge in [-0.25, -0.2) is 4.98 Å². The molecule has 0 aliphatic carbocycles. The van der Waals surface area contributed by atoms with Crippen LogP contribution < -0.4 is 10.9 Å². The Morgan fingerprint density at radius 1 is 1.56 bits per heavy atom. The van der Waals surface area contributed by atoms with E-state index in [2.05, 4.69) is 22.2 Å². The minimum absolute atomic E-state index is 0.177. The lowest BCUT2D eigenvalue weighted by Gasteiger charge is -2.15. The molecule has 0 saturated carbocycles. The number of H-pyrrole nitrogens is 1. The highest BCUT2D eigenvalue weighted by molar-refractivity contribution is 6.17. The molecule has 1 heterocycles. The molecule has 1 aromatic rings. The first-order valence-corrected chi connectivity index (χ1v) is 6.15. The fraction of sp³-hybridized carbons (Fsp3) is 0.636. The Kier molecular flexibility index (Phi) is 5.93. The number of halogens is 1. The van der Waals surface area contributed by atoms with Crippen LogP contribution in [-0.2, 0) is 0 Å². The summed E-state index contributed by atoms with van der Waals surface area (Å²) in [6, 6.07) is 0. The van der Waals surface area contributed by atoms with Crippen LogP contribution in [0.5, 0.6) is 0 Å². The van der Waals surface area contributed by atoms with Crippen LogP contribution in [0.1, 0.15) is 26.2 Å². The highest BCUT2D eigenvalue weighted by Crippen LogP contribution is 2.12. The van der Waals surface area contributed by atoms with Crippen LogP contribution in [0.2, 0.25) is 0 Å². The van der Waals surface area contributed by atoms with E-state index in [4.69, 9.17) is 11.6 Å². The number of rotatable bonds is 7. The van der Waals surface area contributed by atoms with Gasteiger partial charge in [-0.3, -0.25) is 4.79 Å². The standard InChI is InChI=1S/C11H18ClN3O/c1-2-3-9(4-5-12)8-15-10-11(16)14-7-6-13-10/h6-7,9H,2-5,8H2,1H3,(H,13,15)(H,14,16). The molecule has 0 saturated heterocycles. The van der Waals surface area contributed by atoms with Gasteiger partial charge in [-0.05, 0) is 18.8 Å². The summed E-state index contributed by atoms with van der Waals surface area (Å²) in [6.07, 6.45) is 6.30. The summed E-state index contributed by atoms with van der Waals surface area (Å²) in [5.74, 6) is 1.55. The van der Waals surface area contributed by atoms with Crippen LogP contribution in [0.4, 0.5) is 5.82 Å². The van der Waals surface area contributed by atoms with Gasteiger partial charge in [0.25, 0.3) is 5.56 Å². The SMILES string of the molecule is CCCC(CCCl)CNc1ncc[nH]c1=O. The second-order valence-electron chi connectivity index (χ2n) is 3.78. The molecule has 4 nitrogen and oxygen atoms in total. The molecule has 16 heavy (non-hydrogen) atoms. The Hall–Kier alpha value is -1.03. The number of aromatic nitrogens is 2. The zero-order valence-corrected chi connectivity index (χ0v) is 10.3. The fourth-order valence-corrected chi connectivity index (χ4v) is 1.94. The third-order valence-corrected chi connectivity index (χ3v) is 2.70. The van der Waals surface area contributed by atoms with E-state index in [1.807, 2.05) is 0 Å². The first-order chi connectivity index (χ1) is 7.77. The van der Waals surface area contributed by atoms with Crippen molar-refractivity contribution in [3.8, 4) is 0 Å². The van der Waals surface area contributed by atoms with Crippen molar-refractivity contribution in [1.29, 1.82) is 0 Å². The number of aromatic amines is 1. The maximum Gasteiger partial charge on any atom is 0.290 e. The summed E-state index contributed by atoms with van der Waals surface area (Å²) in [5.41, 5.74) is -0.177. The molecule has 90 valence electrons. The van der Waals surface area contributed by atoms with Crippen molar-refractivity contribution in [3.63, 3.8) is 0 Å². The van der Waals surface area contributed by atoms with Crippen LogP contribution in [0.15, 0.2) is 17.2 Å². The molecule has 0 aromatic carbocycles. The zero-order chi connectivity index (χ0) is 11.8. The molecule has 5 heteroatoms. The Bertz CT molecular complexity index is 347. The lowest BCUT2D eigenvalue weighted by molar-refractivity contribution is 0.489. The lowest BCUT2D eigenvalue weighted by Crippen LogP contribution is -2.21. The predicted molar refractivity (Wildman–Crippen MR) is 67.1 cm³/mol. The van der Waals surface area contributed by atoms with Crippen molar-refractivity contribution < 1.29 is 0 Å². The average molecular weight is 244 g/mol. The average Bonchev–Trinajstić information content (AvgIpc) is 2.28. The van der Waals surface area contributed by atoms with E-state index in [0.717, 1.165) is 25.8 Å². The van der Waals surface area contributed by atoms with Gasteiger partial charge in [0.15, 0.2) is 5.82 Å². The summed E-state index contributed by atoms with van der Waals surface area (Å²) in [4.78, 5) is 17.9. The van der Waals surface area contributed by atoms with Gasteiger partial charge in [-0.1, -0.05) is 13.3 Å². The van der Waals surface area contributed by atoms with Crippen LogP contribution >= 0.6 is 11.6 Å². The maximum absolute atomic E-state index is 11.3. The van der Waals surface area contributed by atoms with Gasteiger partial charge >= 0.3 is 0 Å². The zero-order valence-electron chi connectivity index (χ0n) is 9.50. The van der Waals surface area contributed by atoms with Crippen molar-refractivity contribution in [2.45, 2.75) is 26.2 Å². The van der Waals surface area contributed by atoms with Crippen molar-refractivity contribution in [3.05, 3.63) is 22.7 Å². The van der Waals surface area contributed by atoms with Gasteiger partial charge < -0.3 is 10.3 Å². The topological polar surface area (TPSA) is 57.8 Å². The molecule has 0 spiro atoms. The van der Waals surface area contributed by atoms with Gasteiger partial charge in [0, 0.05) is 24.8 Å². The largest absolute Gasteiger partial charge is 0.365 e. The third kappa shape index (κ3) is 4.23. The summed E-state index contributed by atoms with van der Waals surface area (Å²) in [6.45, 7) is 2.90. The quantitative estimate of drug-likeness (QED) is 0.722. The number of alkyl halides is 1. The van der Waals surface area contributed by atoms with Gasteiger partial charge in [0.2, 0.25) is 0 Å². The smallest absolute Gasteiger partial charge is 0.290 e. The van der Waals surface area contributed by atoms with Gasteiger partial charge in [-0.2, -0.15) is 0 Å². The first-order valence-electron chi connectivity index (χ1n) is 5.61. The second kappa shape index (κ2) is 7.28. The summed E-state index contributed by atoms with van der Waals surface area (Å²) in [5, 5.41) is 3.07. The molecule has 0 fully saturated rings. The van der Waals surface area contributed by atoms with E-state index >= 15 is 0 Å². The molecule has 2 N–H and O–H groups in total. The molecule has 0 amide bonds. The highest BCUT2D eigenvalue weighted by Gasteiger charge is 2.08. The normalized spacial score (nSPS) is 12.4. The molecule has 0 radical (unpaired) electrons. The molecule has 0 bridgehead atoms. The van der Waals surface area contributed by atoms with Crippen molar-refractivity contribution in [1.82, 2.24) is 9.97 Å². The number of nitrogens with zero attached hydrogens (tertiary/aromatic N) is 1. The molecule has 1 aromatic heterocycles. The Balaban J connectivity index is 2.48. The van der Waals surface area contributed by atoms with Crippen LogP contribution in [0.25, 0.3) is 0 Å². The number of anilines is 1. The number of hydrogen-bond donors (Lipinski definition) is 2. The Morgan fingerprint density at radius 2 is 2.38 bits per heavy atom. The van der Waals surface area contributed by atoms with Crippen molar-refractivity contribution in [2.75, 3.05) is 17.7 Å². The highest BCUT2D eigenvalue weighted by atomic mass is 35.5. The summed E-state index contributed by atoms with van der Waals surface area (Å²) in [7, 11) is 0. The molecule has 0 aliphatic rings. The van der Waals surface area contributed by atoms with Gasteiger partial charge in [0.05, 0.1) is 0 Å². The maximum atomic E-state index is 11.3. The minimum atomic E-state index is -0.177. The van der Waals surface area contributed by atoms with Crippen LogP contribution in [0, 0.1) is 5.92 Å². The van der Waals surface area contributed by atoms with Crippen LogP contribution in [-0.4, -0.2) is 22.4 Å². The summed E-state index contributed by atoms with van der Waals surface area (Å²) < 4.78 is 0. The predicted octanol–water partition coefficient (Wildman–Crippen LogP) is 2.23. The minimum Gasteiger partial charge on any atom is -0.365 e. The van der Waals surface area contributed by atoms with E-state index in [1.165, 1.54) is 6.20 Å². The lowest BCUT2D eigenvalue weighted by atomic mass is 10.0. The van der Waals surface area contributed by atoms with E-state index in [0.29, 0.717) is 17.6 Å². The Morgan fingerprint density at radius 3 is 3.00 bits per heavy atom. The van der Waals surface area contributed by atoms with Crippen molar-refractivity contribution >= 4 is 17.4 Å². The molecule has 0 aliphatic heterocycles. The molecule has 1 rings (SSSR count). The molecular formula is C11H18ClN3O.